The largest absolute Gasteiger partial charge is 0.323 e. The first-order valence-corrected chi connectivity index (χ1v) is 6.67. The molecule has 5 heteroatoms. The number of benzene rings is 1. The fraction of sp³-hybridized carbons (Fsp3) is 0.333. The van der Waals surface area contributed by atoms with E-state index >= 15 is 0 Å². The molecule has 2 rings (SSSR count). The smallest absolute Gasteiger partial charge is 0.0801 e. The Bertz CT molecular complexity index is 481. The second-order valence-electron chi connectivity index (χ2n) is 3.87. The molecule has 2 N–H and O–H groups in total. The zero-order valence-electron chi connectivity index (χ0n) is 9.56. The van der Waals surface area contributed by atoms with Gasteiger partial charge < -0.3 is 5.73 Å². The van der Waals surface area contributed by atoms with Gasteiger partial charge in [-0.25, -0.2) is 0 Å². The molecule has 0 saturated carbocycles. The van der Waals surface area contributed by atoms with Gasteiger partial charge in [0.1, 0.15) is 0 Å². The summed E-state index contributed by atoms with van der Waals surface area (Å²) < 4.78 is 3.96. The number of aromatic nitrogens is 2. The highest BCUT2D eigenvalue weighted by Crippen LogP contribution is 2.23. The van der Waals surface area contributed by atoms with Gasteiger partial charge in [-0.3, -0.25) is 0 Å². The van der Waals surface area contributed by atoms with Gasteiger partial charge in [-0.2, -0.15) is 0 Å². The Morgan fingerprint density at radius 1 is 1.35 bits per heavy atom. The molecule has 2 aromatic rings. The van der Waals surface area contributed by atoms with Gasteiger partial charge in [0.05, 0.1) is 10.6 Å². The lowest BCUT2D eigenvalue weighted by atomic mass is 10.0. The number of nitrogens with two attached hydrogens (primary N) is 1. The average molecular weight is 268 g/mol. The third-order valence-electron chi connectivity index (χ3n) is 2.63. The summed E-state index contributed by atoms with van der Waals surface area (Å²) in [6.07, 6.45) is 1.66. The molecule has 0 aliphatic heterocycles. The van der Waals surface area contributed by atoms with Crippen LogP contribution in [-0.4, -0.2) is 9.59 Å². The Hall–Kier alpha value is -0.970. The molecule has 90 valence electrons. The molecule has 0 saturated heterocycles. The maximum atomic E-state index is 6.18. The summed E-state index contributed by atoms with van der Waals surface area (Å²) in [5.41, 5.74) is 8.37. The number of hydrogen-bond acceptors (Lipinski definition) is 4. The first kappa shape index (κ1) is 12.5. The molecule has 0 radical (unpaired) electrons. The first-order chi connectivity index (χ1) is 8.20. The number of hydrogen-bond donors (Lipinski definition) is 1. The quantitative estimate of drug-likeness (QED) is 0.927. The Morgan fingerprint density at radius 2 is 2.06 bits per heavy atom. The van der Waals surface area contributed by atoms with Crippen LogP contribution in [0, 0.1) is 0 Å². The van der Waals surface area contributed by atoms with Crippen molar-refractivity contribution in [2.45, 2.75) is 25.8 Å². The van der Waals surface area contributed by atoms with Crippen LogP contribution in [0.4, 0.5) is 0 Å². The van der Waals surface area contributed by atoms with Crippen molar-refractivity contribution in [1.82, 2.24) is 9.59 Å². The van der Waals surface area contributed by atoms with E-state index in [2.05, 4.69) is 16.5 Å². The maximum absolute atomic E-state index is 6.18. The second kappa shape index (κ2) is 5.58. The van der Waals surface area contributed by atoms with Crippen LogP contribution in [0.2, 0.25) is 5.02 Å². The Morgan fingerprint density at radius 3 is 2.71 bits per heavy atom. The summed E-state index contributed by atoms with van der Waals surface area (Å²) in [5, 5.41) is 4.83. The molecule has 3 nitrogen and oxygen atoms in total. The van der Waals surface area contributed by atoms with Gasteiger partial charge in [-0.05, 0) is 42.1 Å². The molecule has 0 amide bonds. The minimum atomic E-state index is -0.0360. The lowest BCUT2D eigenvalue weighted by Crippen LogP contribution is -2.13. The highest BCUT2D eigenvalue weighted by atomic mass is 35.5. The molecule has 0 fully saturated rings. The standard InChI is InChI=1S/C12H14ClN3S/c1-2-11-12(17-16-15-11)10(14)7-8-3-5-9(13)6-4-8/h3-6,10H,2,7,14H2,1H3. The van der Waals surface area contributed by atoms with Gasteiger partial charge in [0, 0.05) is 11.1 Å². The number of nitrogens with zero attached hydrogens (tertiary/aromatic N) is 2. The molecular weight excluding hydrogens is 254 g/mol. The van der Waals surface area contributed by atoms with E-state index in [-0.39, 0.29) is 6.04 Å². The van der Waals surface area contributed by atoms with Gasteiger partial charge in [0.2, 0.25) is 0 Å². The topological polar surface area (TPSA) is 51.8 Å². The Labute approximate surface area is 110 Å². The van der Waals surface area contributed by atoms with Crippen LogP contribution in [0.5, 0.6) is 0 Å². The van der Waals surface area contributed by atoms with E-state index in [1.165, 1.54) is 17.1 Å². The van der Waals surface area contributed by atoms with Crippen molar-refractivity contribution >= 4 is 23.1 Å². The molecule has 1 unspecified atom stereocenters. The van der Waals surface area contributed by atoms with E-state index in [9.17, 15) is 0 Å². The number of aryl methyl sites for hydroxylation is 1. The minimum Gasteiger partial charge on any atom is -0.323 e. The van der Waals surface area contributed by atoms with Gasteiger partial charge in [0.15, 0.2) is 0 Å². The van der Waals surface area contributed by atoms with Crippen molar-refractivity contribution in [2.75, 3.05) is 0 Å². The maximum Gasteiger partial charge on any atom is 0.0801 e. The molecule has 1 atom stereocenters. The predicted octanol–water partition coefficient (Wildman–Crippen LogP) is 3.00. The first-order valence-electron chi connectivity index (χ1n) is 5.52. The molecule has 1 aromatic carbocycles. The highest BCUT2D eigenvalue weighted by Gasteiger charge is 2.14. The van der Waals surface area contributed by atoms with Crippen LogP contribution in [-0.2, 0) is 12.8 Å². The van der Waals surface area contributed by atoms with Crippen molar-refractivity contribution < 1.29 is 0 Å². The van der Waals surface area contributed by atoms with Gasteiger partial charge in [0.25, 0.3) is 0 Å². The van der Waals surface area contributed by atoms with Gasteiger partial charge >= 0.3 is 0 Å². The lowest BCUT2D eigenvalue weighted by molar-refractivity contribution is 0.722. The number of rotatable bonds is 4. The van der Waals surface area contributed by atoms with E-state index in [1.807, 2.05) is 24.3 Å². The summed E-state index contributed by atoms with van der Waals surface area (Å²) >= 11 is 7.24. The predicted molar refractivity (Wildman–Crippen MR) is 71.4 cm³/mol. The van der Waals surface area contributed by atoms with Crippen molar-refractivity contribution in [3.05, 3.63) is 45.4 Å². The summed E-state index contributed by atoms with van der Waals surface area (Å²) in [4.78, 5) is 1.09. The van der Waals surface area contributed by atoms with Gasteiger partial charge in [-0.15, -0.1) is 5.10 Å². The molecular formula is C12H14ClN3S. The van der Waals surface area contributed by atoms with Crippen LogP contribution in [0.15, 0.2) is 24.3 Å². The zero-order valence-corrected chi connectivity index (χ0v) is 11.1. The molecule has 0 bridgehead atoms. The van der Waals surface area contributed by atoms with E-state index in [0.717, 1.165) is 28.4 Å². The van der Waals surface area contributed by atoms with Crippen LogP contribution in [0.25, 0.3) is 0 Å². The summed E-state index contributed by atoms with van der Waals surface area (Å²) in [6.45, 7) is 2.06. The zero-order chi connectivity index (χ0) is 12.3. The summed E-state index contributed by atoms with van der Waals surface area (Å²) in [5.74, 6) is 0. The molecule has 17 heavy (non-hydrogen) atoms. The van der Waals surface area contributed by atoms with Crippen LogP contribution in [0.3, 0.4) is 0 Å². The average Bonchev–Trinajstić information content (AvgIpc) is 2.80. The minimum absolute atomic E-state index is 0.0360. The van der Waals surface area contributed by atoms with Crippen molar-refractivity contribution in [2.24, 2.45) is 5.73 Å². The third-order valence-corrected chi connectivity index (χ3v) is 3.78. The van der Waals surface area contributed by atoms with Crippen molar-refractivity contribution in [3.63, 3.8) is 0 Å². The Kier molecular flexibility index (Phi) is 4.10. The van der Waals surface area contributed by atoms with E-state index in [4.69, 9.17) is 17.3 Å². The van der Waals surface area contributed by atoms with Crippen LogP contribution in [0.1, 0.15) is 29.1 Å². The molecule has 1 aromatic heterocycles. The summed E-state index contributed by atoms with van der Waals surface area (Å²) in [6, 6.07) is 7.74. The SMILES string of the molecule is CCc1nnsc1C(N)Cc1ccc(Cl)cc1. The third kappa shape index (κ3) is 3.03. The van der Waals surface area contributed by atoms with E-state index in [0.29, 0.717) is 0 Å². The summed E-state index contributed by atoms with van der Waals surface area (Å²) in [7, 11) is 0. The normalized spacial score (nSPS) is 12.6. The van der Waals surface area contributed by atoms with E-state index in [1.54, 1.807) is 0 Å². The fourth-order valence-corrected chi connectivity index (χ4v) is 2.57. The lowest BCUT2D eigenvalue weighted by Gasteiger charge is -2.10. The molecule has 0 spiro atoms. The van der Waals surface area contributed by atoms with Crippen LogP contribution < -0.4 is 5.73 Å². The van der Waals surface area contributed by atoms with Crippen molar-refractivity contribution in [3.8, 4) is 0 Å². The van der Waals surface area contributed by atoms with Crippen molar-refractivity contribution in [1.29, 1.82) is 0 Å². The number of halogens is 1. The van der Waals surface area contributed by atoms with Crippen LogP contribution >= 0.6 is 23.1 Å². The van der Waals surface area contributed by atoms with E-state index < -0.39 is 0 Å². The molecule has 0 aliphatic carbocycles. The highest BCUT2D eigenvalue weighted by molar-refractivity contribution is 7.05. The molecule has 0 aliphatic rings. The van der Waals surface area contributed by atoms with Gasteiger partial charge in [-0.1, -0.05) is 35.1 Å². The Balaban J connectivity index is 2.11. The second-order valence-corrected chi connectivity index (χ2v) is 5.10. The monoisotopic (exact) mass is 267 g/mol. The molecule has 1 heterocycles. The fourth-order valence-electron chi connectivity index (χ4n) is 1.71.